The Morgan fingerprint density at radius 1 is 1.16 bits per heavy atom. The molecule has 1 aromatic heterocycles. The maximum absolute atomic E-state index is 13.7. The Labute approximate surface area is 109 Å². The van der Waals surface area contributed by atoms with Gasteiger partial charge in [-0.3, -0.25) is 0 Å². The molecule has 0 aliphatic rings. The van der Waals surface area contributed by atoms with E-state index in [9.17, 15) is 4.39 Å². The highest BCUT2D eigenvalue weighted by molar-refractivity contribution is 5.95. The molecule has 2 aromatic carbocycles. The van der Waals surface area contributed by atoms with Crippen LogP contribution in [0, 0.1) is 5.82 Å². The summed E-state index contributed by atoms with van der Waals surface area (Å²) in [5, 5.41) is 8.21. The van der Waals surface area contributed by atoms with Crippen molar-refractivity contribution in [2.75, 3.05) is 7.05 Å². The third kappa shape index (κ3) is 2.08. The third-order valence-electron chi connectivity index (χ3n) is 2.91. The lowest BCUT2D eigenvalue weighted by Crippen LogP contribution is -2.04. The van der Waals surface area contributed by atoms with Crippen LogP contribution in [0.4, 0.5) is 4.39 Å². The van der Waals surface area contributed by atoms with Crippen LogP contribution in [0.5, 0.6) is 0 Å². The van der Waals surface area contributed by atoms with E-state index >= 15 is 0 Å². The SMILES string of the molecule is CNCc1nc(-c2ccc(F)c3ccccc23)no1. The van der Waals surface area contributed by atoms with Crippen LogP contribution in [0.1, 0.15) is 5.89 Å². The first-order chi connectivity index (χ1) is 9.29. The molecule has 4 nitrogen and oxygen atoms in total. The highest BCUT2D eigenvalue weighted by Gasteiger charge is 2.12. The molecule has 3 aromatic rings. The average molecular weight is 257 g/mol. The molecule has 0 fully saturated rings. The molecule has 1 heterocycles. The van der Waals surface area contributed by atoms with E-state index in [-0.39, 0.29) is 5.82 Å². The molecule has 0 spiro atoms. The molecule has 0 saturated heterocycles. The molecule has 0 saturated carbocycles. The fourth-order valence-electron chi connectivity index (χ4n) is 2.04. The summed E-state index contributed by atoms with van der Waals surface area (Å²) in [4.78, 5) is 4.29. The van der Waals surface area contributed by atoms with Crippen molar-refractivity contribution < 1.29 is 8.91 Å². The van der Waals surface area contributed by atoms with E-state index in [1.54, 1.807) is 25.2 Å². The zero-order valence-electron chi connectivity index (χ0n) is 10.4. The summed E-state index contributed by atoms with van der Waals surface area (Å²) in [6, 6.07) is 10.3. The van der Waals surface area contributed by atoms with Gasteiger partial charge in [-0.1, -0.05) is 29.4 Å². The Balaban J connectivity index is 2.16. The van der Waals surface area contributed by atoms with Crippen LogP contribution >= 0.6 is 0 Å². The second-order valence-electron chi connectivity index (χ2n) is 4.18. The van der Waals surface area contributed by atoms with Gasteiger partial charge in [0.25, 0.3) is 0 Å². The number of nitrogens with one attached hydrogen (secondary N) is 1. The van der Waals surface area contributed by atoms with Gasteiger partial charge in [0.15, 0.2) is 0 Å². The van der Waals surface area contributed by atoms with E-state index in [2.05, 4.69) is 15.5 Å². The second kappa shape index (κ2) is 4.78. The standard InChI is InChI=1S/C14H12FN3O/c1-16-8-13-17-14(18-19-13)11-6-7-12(15)10-5-3-2-4-9(10)11/h2-7,16H,8H2,1H3. The number of rotatable bonds is 3. The van der Waals surface area contributed by atoms with Crippen LogP contribution in [0.2, 0.25) is 0 Å². The summed E-state index contributed by atoms with van der Waals surface area (Å²) in [7, 11) is 1.80. The summed E-state index contributed by atoms with van der Waals surface area (Å²) in [6.07, 6.45) is 0. The van der Waals surface area contributed by atoms with E-state index < -0.39 is 0 Å². The number of halogens is 1. The Kier molecular flexibility index (Phi) is 2.97. The molecule has 0 atom stereocenters. The van der Waals surface area contributed by atoms with Gasteiger partial charge in [-0.05, 0) is 24.6 Å². The van der Waals surface area contributed by atoms with Crippen LogP contribution < -0.4 is 5.32 Å². The lowest BCUT2D eigenvalue weighted by Gasteiger charge is -2.03. The van der Waals surface area contributed by atoms with Gasteiger partial charge in [-0.2, -0.15) is 4.98 Å². The monoisotopic (exact) mass is 257 g/mol. The van der Waals surface area contributed by atoms with Gasteiger partial charge in [-0.25, -0.2) is 4.39 Å². The van der Waals surface area contributed by atoms with Gasteiger partial charge in [-0.15, -0.1) is 0 Å². The maximum Gasteiger partial charge on any atom is 0.240 e. The molecule has 5 heteroatoms. The first-order valence-electron chi connectivity index (χ1n) is 5.94. The van der Waals surface area contributed by atoms with Gasteiger partial charge in [0, 0.05) is 10.9 Å². The van der Waals surface area contributed by atoms with Crippen molar-refractivity contribution in [3.05, 3.63) is 48.1 Å². The van der Waals surface area contributed by atoms with Gasteiger partial charge in [0.2, 0.25) is 11.7 Å². The topological polar surface area (TPSA) is 51.0 Å². The zero-order valence-corrected chi connectivity index (χ0v) is 10.4. The first-order valence-corrected chi connectivity index (χ1v) is 5.94. The average Bonchev–Trinajstić information content (AvgIpc) is 2.88. The van der Waals surface area contributed by atoms with Crippen molar-refractivity contribution in [2.24, 2.45) is 0 Å². The van der Waals surface area contributed by atoms with E-state index in [1.165, 1.54) is 6.07 Å². The Bertz CT molecular complexity index is 724. The zero-order chi connectivity index (χ0) is 13.2. The number of hydrogen-bond donors (Lipinski definition) is 1. The molecular weight excluding hydrogens is 245 g/mol. The normalized spacial score (nSPS) is 11.1. The summed E-state index contributed by atoms with van der Waals surface area (Å²) in [5.41, 5.74) is 0.767. The van der Waals surface area contributed by atoms with Gasteiger partial charge >= 0.3 is 0 Å². The van der Waals surface area contributed by atoms with E-state index in [0.29, 0.717) is 23.6 Å². The molecule has 0 bridgehead atoms. The lowest BCUT2D eigenvalue weighted by atomic mass is 10.0. The lowest BCUT2D eigenvalue weighted by molar-refractivity contribution is 0.372. The van der Waals surface area contributed by atoms with Crippen molar-refractivity contribution in [1.29, 1.82) is 0 Å². The van der Waals surface area contributed by atoms with E-state index in [4.69, 9.17) is 4.52 Å². The van der Waals surface area contributed by atoms with Crippen molar-refractivity contribution in [3.8, 4) is 11.4 Å². The van der Waals surface area contributed by atoms with Crippen molar-refractivity contribution in [1.82, 2.24) is 15.5 Å². The minimum absolute atomic E-state index is 0.252. The predicted molar refractivity (Wildman–Crippen MR) is 70.0 cm³/mol. The second-order valence-corrected chi connectivity index (χ2v) is 4.18. The number of fused-ring (bicyclic) bond motifs is 1. The molecule has 0 unspecified atom stereocenters. The third-order valence-corrected chi connectivity index (χ3v) is 2.91. The highest BCUT2D eigenvalue weighted by Crippen LogP contribution is 2.28. The molecule has 19 heavy (non-hydrogen) atoms. The Morgan fingerprint density at radius 3 is 2.74 bits per heavy atom. The summed E-state index contributed by atoms with van der Waals surface area (Å²) in [5.74, 6) is 0.727. The van der Waals surface area contributed by atoms with Crippen LogP contribution in [-0.4, -0.2) is 17.2 Å². The molecule has 1 N–H and O–H groups in total. The van der Waals surface area contributed by atoms with Gasteiger partial charge in [0.1, 0.15) is 5.82 Å². The van der Waals surface area contributed by atoms with Gasteiger partial charge in [0.05, 0.1) is 6.54 Å². The molecular formula is C14H12FN3O. The first kappa shape index (κ1) is 11.8. The summed E-state index contributed by atoms with van der Waals surface area (Å²) in [6.45, 7) is 0.506. The predicted octanol–water partition coefficient (Wildman–Crippen LogP) is 2.75. The van der Waals surface area contributed by atoms with E-state index in [1.807, 2.05) is 12.1 Å². The smallest absolute Gasteiger partial charge is 0.240 e. The molecule has 0 radical (unpaired) electrons. The minimum Gasteiger partial charge on any atom is -0.338 e. The van der Waals surface area contributed by atoms with Crippen molar-refractivity contribution >= 4 is 10.8 Å². The van der Waals surface area contributed by atoms with Crippen LogP contribution in [0.25, 0.3) is 22.2 Å². The fraction of sp³-hybridized carbons (Fsp3) is 0.143. The number of benzene rings is 2. The van der Waals surface area contributed by atoms with Crippen LogP contribution in [0.3, 0.4) is 0 Å². The largest absolute Gasteiger partial charge is 0.338 e. The molecule has 0 amide bonds. The molecule has 0 aliphatic carbocycles. The van der Waals surface area contributed by atoms with Crippen molar-refractivity contribution in [2.45, 2.75) is 6.54 Å². The van der Waals surface area contributed by atoms with Crippen LogP contribution in [0.15, 0.2) is 40.9 Å². The summed E-state index contributed by atoms with van der Waals surface area (Å²) < 4.78 is 18.9. The Morgan fingerprint density at radius 2 is 1.95 bits per heavy atom. The van der Waals surface area contributed by atoms with E-state index in [0.717, 1.165) is 10.9 Å². The number of hydrogen-bond acceptors (Lipinski definition) is 4. The fourth-order valence-corrected chi connectivity index (χ4v) is 2.04. The van der Waals surface area contributed by atoms with Crippen molar-refractivity contribution in [3.63, 3.8) is 0 Å². The quantitative estimate of drug-likeness (QED) is 0.783. The number of aromatic nitrogens is 2. The highest BCUT2D eigenvalue weighted by atomic mass is 19.1. The van der Waals surface area contributed by atoms with Crippen LogP contribution in [-0.2, 0) is 6.54 Å². The summed E-state index contributed by atoms with van der Waals surface area (Å²) >= 11 is 0. The molecule has 0 aliphatic heterocycles. The Hall–Kier alpha value is -2.27. The number of nitrogens with zero attached hydrogens (tertiary/aromatic N) is 2. The minimum atomic E-state index is -0.252. The molecule has 3 rings (SSSR count). The van der Waals surface area contributed by atoms with Gasteiger partial charge < -0.3 is 9.84 Å². The molecule has 96 valence electrons. The maximum atomic E-state index is 13.7.